The Balaban J connectivity index is 1.11. The maximum atomic E-state index is 6.55. The van der Waals surface area contributed by atoms with Crippen LogP contribution in [0.15, 0.2) is 11.6 Å². The van der Waals surface area contributed by atoms with E-state index >= 15 is 0 Å². The summed E-state index contributed by atoms with van der Waals surface area (Å²) < 4.78 is 6.55. The summed E-state index contributed by atoms with van der Waals surface area (Å²) >= 11 is 0. The number of unbranched alkanes of at least 4 members (excludes halogenated alkanes) is 13. The lowest BCUT2D eigenvalue weighted by molar-refractivity contribution is -0.0641. The molecule has 0 radical (unpaired) electrons. The van der Waals surface area contributed by atoms with Gasteiger partial charge in [-0.25, -0.2) is 0 Å². The second kappa shape index (κ2) is 18.3. The largest absolute Gasteiger partial charge is 0.378 e. The van der Waals surface area contributed by atoms with E-state index in [2.05, 4.69) is 47.6 Å². The summed E-state index contributed by atoms with van der Waals surface area (Å²) in [7, 11) is 0. The molecule has 8 atom stereocenters. The summed E-state index contributed by atoms with van der Waals surface area (Å²) in [5, 5.41) is 0. The van der Waals surface area contributed by atoms with Crippen LogP contribution in [-0.4, -0.2) is 12.7 Å². The van der Waals surface area contributed by atoms with Gasteiger partial charge in [0.2, 0.25) is 0 Å². The van der Waals surface area contributed by atoms with Crippen molar-refractivity contribution in [3.05, 3.63) is 11.6 Å². The zero-order valence-electron chi connectivity index (χ0n) is 30.9. The average molecular weight is 611 g/mol. The fourth-order valence-electron chi connectivity index (χ4n) is 11.3. The van der Waals surface area contributed by atoms with Crippen molar-refractivity contribution in [2.75, 3.05) is 6.61 Å². The molecule has 0 heterocycles. The Morgan fingerprint density at radius 1 is 0.705 bits per heavy atom. The number of rotatable bonds is 21. The van der Waals surface area contributed by atoms with Crippen LogP contribution >= 0.6 is 0 Å². The zero-order valence-corrected chi connectivity index (χ0v) is 30.9. The third-order valence-electron chi connectivity index (χ3n) is 14.1. The molecule has 0 N–H and O–H groups in total. The van der Waals surface area contributed by atoms with Gasteiger partial charge in [-0.2, -0.15) is 0 Å². The Kier molecular flexibility index (Phi) is 15.2. The van der Waals surface area contributed by atoms with Crippen molar-refractivity contribution >= 4 is 0 Å². The minimum atomic E-state index is 0.458. The van der Waals surface area contributed by atoms with E-state index < -0.39 is 0 Å². The smallest absolute Gasteiger partial charge is 0.0612 e. The van der Waals surface area contributed by atoms with Gasteiger partial charge in [-0.1, -0.05) is 156 Å². The van der Waals surface area contributed by atoms with E-state index in [1.165, 1.54) is 161 Å². The molecule has 3 saturated carbocycles. The quantitative estimate of drug-likeness (QED) is 0.0928. The molecule has 0 aromatic carbocycles. The molecule has 4 aliphatic carbocycles. The highest BCUT2D eigenvalue weighted by atomic mass is 16.5. The molecular formula is C43H78O. The first-order valence-corrected chi connectivity index (χ1v) is 20.6. The summed E-state index contributed by atoms with van der Waals surface area (Å²) in [4.78, 5) is 0. The zero-order chi connectivity index (χ0) is 31.4. The topological polar surface area (TPSA) is 9.23 Å². The van der Waals surface area contributed by atoms with Crippen LogP contribution in [0.25, 0.3) is 0 Å². The van der Waals surface area contributed by atoms with E-state index in [0.717, 1.165) is 42.1 Å². The van der Waals surface area contributed by atoms with Crippen molar-refractivity contribution in [3.63, 3.8) is 0 Å². The second-order valence-electron chi connectivity index (χ2n) is 17.6. The fourth-order valence-corrected chi connectivity index (χ4v) is 11.3. The molecule has 0 aromatic rings. The lowest BCUT2D eigenvalue weighted by Gasteiger charge is -2.58. The molecule has 1 nitrogen and oxygen atoms in total. The van der Waals surface area contributed by atoms with Crippen molar-refractivity contribution in [1.82, 2.24) is 0 Å². The Morgan fingerprint density at radius 2 is 1.34 bits per heavy atom. The van der Waals surface area contributed by atoms with Crippen LogP contribution in [0.5, 0.6) is 0 Å². The van der Waals surface area contributed by atoms with Gasteiger partial charge in [0, 0.05) is 6.61 Å². The molecule has 1 heteroatoms. The number of allylic oxidation sites excluding steroid dienone is 1. The predicted molar refractivity (Wildman–Crippen MR) is 193 cm³/mol. The van der Waals surface area contributed by atoms with E-state index in [1.807, 2.05) is 0 Å². The molecule has 256 valence electrons. The Labute approximate surface area is 276 Å². The first-order valence-electron chi connectivity index (χ1n) is 20.6. The lowest BCUT2D eigenvalue weighted by atomic mass is 9.47. The van der Waals surface area contributed by atoms with Crippen LogP contribution < -0.4 is 0 Å². The molecule has 0 bridgehead atoms. The summed E-state index contributed by atoms with van der Waals surface area (Å²) in [5.41, 5.74) is 2.87. The van der Waals surface area contributed by atoms with Crippen molar-refractivity contribution in [2.45, 2.75) is 208 Å². The highest BCUT2D eigenvalue weighted by molar-refractivity contribution is 5.25. The van der Waals surface area contributed by atoms with Gasteiger partial charge in [-0.3, -0.25) is 0 Å². The van der Waals surface area contributed by atoms with Crippen molar-refractivity contribution in [2.24, 2.45) is 46.3 Å². The maximum absolute atomic E-state index is 6.55. The van der Waals surface area contributed by atoms with E-state index in [4.69, 9.17) is 4.74 Å². The summed E-state index contributed by atoms with van der Waals surface area (Å²) in [5.74, 6) is 5.60. The third kappa shape index (κ3) is 9.63. The van der Waals surface area contributed by atoms with E-state index in [0.29, 0.717) is 16.9 Å². The molecule has 3 fully saturated rings. The number of hydrogen-bond acceptors (Lipinski definition) is 1. The molecule has 4 aliphatic rings. The van der Waals surface area contributed by atoms with Crippen LogP contribution in [0, 0.1) is 46.3 Å². The van der Waals surface area contributed by atoms with Crippen LogP contribution in [0.4, 0.5) is 0 Å². The van der Waals surface area contributed by atoms with Gasteiger partial charge in [0.25, 0.3) is 0 Å². The van der Waals surface area contributed by atoms with Gasteiger partial charge in [-0.05, 0) is 104 Å². The molecule has 4 rings (SSSR count). The van der Waals surface area contributed by atoms with E-state index in [-0.39, 0.29) is 0 Å². The predicted octanol–water partition coefficient (Wildman–Crippen LogP) is 13.9. The van der Waals surface area contributed by atoms with Gasteiger partial charge in [0.05, 0.1) is 6.10 Å². The fraction of sp³-hybridized carbons (Fsp3) is 0.953. The summed E-state index contributed by atoms with van der Waals surface area (Å²) in [6.45, 7) is 16.1. The minimum Gasteiger partial charge on any atom is -0.378 e. The number of hydrogen-bond donors (Lipinski definition) is 0. The molecule has 44 heavy (non-hydrogen) atoms. The van der Waals surface area contributed by atoms with Crippen LogP contribution in [0.2, 0.25) is 0 Å². The third-order valence-corrected chi connectivity index (χ3v) is 14.1. The molecule has 0 aliphatic heterocycles. The maximum Gasteiger partial charge on any atom is 0.0612 e. The highest BCUT2D eigenvalue weighted by Gasteiger charge is 2.59. The van der Waals surface area contributed by atoms with Gasteiger partial charge < -0.3 is 4.74 Å². The molecule has 0 aromatic heterocycles. The molecule has 8 unspecified atom stereocenters. The monoisotopic (exact) mass is 611 g/mol. The minimum absolute atomic E-state index is 0.458. The standard InChI is InChI=1S/C43H78O/c1-7-8-9-10-11-12-13-14-15-16-17-18-19-20-32-44-37-28-30-42(5)36(33-37)24-25-38-40-27-26-39(35(4)23-21-22-34(2)3)43(40,6)31-29-41(38)42/h24,34-35,37-41H,7-23,25-33H2,1-6H3. The van der Waals surface area contributed by atoms with Crippen molar-refractivity contribution < 1.29 is 4.74 Å². The lowest BCUT2D eigenvalue weighted by Crippen LogP contribution is -2.51. The van der Waals surface area contributed by atoms with E-state index in [1.54, 1.807) is 5.57 Å². The van der Waals surface area contributed by atoms with Crippen LogP contribution in [-0.2, 0) is 4.74 Å². The SMILES string of the molecule is CCCCCCCCCCCCCCCCOC1CCC2(C)C(=CCC3C2CCC2(C)C(C(C)CCCC(C)C)CCC32)C1. The Hall–Kier alpha value is -0.300. The summed E-state index contributed by atoms with van der Waals surface area (Å²) in [6.07, 6.45) is 38.8. The van der Waals surface area contributed by atoms with Gasteiger partial charge in [0.1, 0.15) is 0 Å². The normalized spacial score (nSPS) is 34.0. The molecule has 0 amide bonds. The Morgan fingerprint density at radius 3 is 1.98 bits per heavy atom. The first-order chi connectivity index (χ1) is 21.3. The van der Waals surface area contributed by atoms with Crippen molar-refractivity contribution in [3.8, 4) is 0 Å². The first kappa shape index (κ1) is 36.5. The molecule has 0 spiro atoms. The summed E-state index contributed by atoms with van der Waals surface area (Å²) in [6, 6.07) is 0. The van der Waals surface area contributed by atoms with E-state index in [9.17, 15) is 0 Å². The van der Waals surface area contributed by atoms with Gasteiger partial charge >= 0.3 is 0 Å². The average Bonchev–Trinajstić information content (AvgIpc) is 3.36. The second-order valence-corrected chi connectivity index (χ2v) is 17.6. The highest BCUT2D eigenvalue weighted by Crippen LogP contribution is 2.67. The van der Waals surface area contributed by atoms with Crippen LogP contribution in [0.3, 0.4) is 0 Å². The number of ether oxygens (including phenoxy) is 1. The van der Waals surface area contributed by atoms with Crippen molar-refractivity contribution in [1.29, 1.82) is 0 Å². The Bertz CT molecular complexity index is 827. The number of fused-ring (bicyclic) bond motifs is 5. The molecular weight excluding hydrogens is 532 g/mol. The van der Waals surface area contributed by atoms with Gasteiger partial charge in [0.15, 0.2) is 0 Å². The molecule has 0 saturated heterocycles. The van der Waals surface area contributed by atoms with Gasteiger partial charge in [-0.15, -0.1) is 0 Å². The van der Waals surface area contributed by atoms with Crippen LogP contribution in [0.1, 0.15) is 202 Å².